The largest absolute Gasteiger partial charge is 0.494 e. The minimum atomic E-state index is 0.522. The number of benzene rings is 3. The second-order valence-electron chi connectivity index (χ2n) is 7.66. The van der Waals surface area contributed by atoms with E-state index in [4.69, 9.17) is 21.1 Å². The van der Waals surface area contributed by atoms with Gasteiger partial charge >= 0.3 is 0 Å². The van der Waals surface area contributed by atoms with Crippen molar-refractivity contribution in [1.29, 1.82) is 0 Å². The zero-order valence-electron chi connectivity index (χ0n) is 16.2. The molecule has 0 aromatic heterocycles. The maximum Gasteiger partial charge on any atom is 0.127 e. The average molecular weight is 395 g/mol. The van der Waals surface area contributed by atoms with Crippen molar-refractivity contribution in [2.45, 2.75) is 45.1 Å². The van der Waals surface area contributed by atoms with Gasteiger partial charge in [-0.2, -0.15) is 0 Å². The first-order valence-electron chi connectivity index (χ1n) is 10.3. The molecule has 3 heteroatoms. The molecule has 0 bridgehead atoms. The van der Waals surface area contributed by atoms with Gasteiger partial charge in [-0.25, -0.2) is 0 Å². The van der Waals surface area contributed by atoms with E-state index >= 15 is 0 Å². The van der Waals surface area contributed by atoms with Gasteiger partial charge in [-0.05, 0) is 42.2 Å². The summed E-state index contributed by atoms with van der Waals surface area (Å²) < 4.78 is 12.0. The van der Waals surface area contributed by atoms with Crippen molar-refractivity contribution in [3.05, 3.63) is 71.2 Å². The smallest absolute Gasteiger partial charge is 0.127 e. The summed E-state index contributed by atoms with van der Waals surface area (Å²) in [6.07, 6.45) is 8.11. The molecule has 3 aromatic rings. The monoisotopic (exact) mass is 394 g/mol. The van der Waals surface area contributed by atoms with E-state index in [1.807, 2.05) is 48.5 Å². The van der Waals surface area contributed by atoms with E-state index in [0.717, 1.165) is 45.4 Å². The van der Waals surface area contributed by atoms with Gasteiger partial charge in [-0.3, -0.25) is 0 Å². The fraction of sp³-hybridized carbons (Fsp3) is 0.360. The van der Waals surface area contributed by atoms with Crippen LogP contribution >= 0.6 is 11.6 Å². The quantitative estimate of drug-likeness (QED) is 0.415. The van der Waals surface area contributed by atoms with Crippen molar-refractivity contribution in [1.82, 2.24) is 0 Å². The van der Waals surface area contributed by atoms with Crippen LogP contribution in [0.5, 0.6) is 11.5 Å². The van der Waals surface area contributed by atoms with Gasteiger partial charge in [0.05, 0.1) is 6.61 Å². The Morgan fingerprint density at radius 1 is 0.786 bits per heavy atom. The molecule has 0 heterocycles. The van der Waals surface area contributed by atoms with Gasteiger partial charge in [-0.1, -0.05) is 80.1 Å². The minimum absolute atomic E-state index is 0.522. The van der Waals surface area contributed by atoms with E-state index in [1.54, 1.807) is 0 Å². The van der Waals surface area contributed by atoms with E-state index in [9.17, 15) is 0 Å². The van der Waals surface area contributed by atoms with Gasteiger partial charge < -0.3 is 9.47 Å². The first-order valence-corrected chi connectivity index (χ1v) is 10.7. The summed E-state index contributed by atoms with van der Waals surface area (Å²) in [4.78, 5) is 0. The molecule has 0 amide bonds. The Hall–Kier alpha value is -2.19. The Morgan fingerprint density at radius 2 is 1.54 bits per heavy atom. The number of halogens is 1. The molecule has 2 nitrogen and oxygen atoms in total. The molecular weight excluding hydrogens is 368 g/mol. The van der Waals surface area contributed by atoms with E-state index in [-0.39, 0.29) is 0 Å². The molecule has 4 rings (SSSR count). The second-order valence-corrected chi connectivity index (χ2v) is 8.07. The molecule has 28 heavy (non-hydrogen) atoms. The standard InChI is InChI=1S/C25H27ClO2/c26-24-14-15-25(23-9-5-4-8-22(23)24)28-18-20-10-12-21(13-11-20)27-17-16-19-6-2-1-3-7-19/h4-5,8-15,19H,1-3,6-7,16-18H2. The van der Waals surface area contributed by atoms with Gasteiger partial charge in [0.15, 0.2) is 0 Å². The summed E-state index contributed by atoms with van der Waals surface area (Å²) in [6, 6.07) is 20.1. The lowest BCUT2D eigenvalue weighted by Crippen LogP contribution is -2.10. The first-order chi connectivity index (χ1) is 13.8. The highest BCUT2D eigenvalue weighted by atomic mass is 35.5. The molecule has 0 spiro atoms. The molecule has 0 aliphatic heterocycles. The van der Waals surface area contributed by atoms with Crippen molar-refractivity contribution in [3.63, 3.8) is 0 Å². The highest BCUT2D eigenvalue weighted by Crippen LogP contribution is 2.32. The molecule has 1 saturated carbocycles. The van der Waals surface area contributed by atoms with Crippen molar-refractivity contribution >= 4 is 22.4 Å². The van der Waals surface area contributed by atoms with Crippen LogP contribution in [0.3, 0.4) is 0 Å². The predicted octanol–water partition coefficient (Wildman–Crippen LogP) is 7.42. The summed E-state index contributed by atoms with van der Waals surface area (Å²) in [6.45, 7) is 1.34. The van der Waals surface area contributed by atoms with Crippen molar-refractivity contribution < 1.29 is 9.47 Å². The molecular formula is C25H27ClO2. The van der Waals surface area contributed by atoms with Crippen LogP contribution in [0.4, 0.5) is 0 Å². The number of rotatable bonds is 7. The van der Waals surface area contributed by atoms with Crippen molar-refractivity contribution in [3.8, 4) is 11.5 Å². The van der Waals surface area contributed by atoms with Gasteiger partial charge in [0.1, 0.15) is 18.1 Å². The topological polar surface area (TPSA) is 18.5 Å². The molecule has 0 radical (unpaired) electrons. The third kappa shape index (κ3) is 4.80. The number of ether oxygens (including phenoxy) is 2. The molecule has 1 aliphatic rings. The van der Waals surface area contributed by atoms with Crippen LogP contribution in [-0.4, -0.2) is 6.61 Å². The van der Waals surface area contributed by atoms with Crippen LogP contribution in [-0.2, 0) is 6.61 Å². The lowest BCUT2D eigenvalue weighted by Gasteiger charge is -2.21. The fourth-order valence-corrected chi connectivity index (χ4v) is 4.25. The molecule has 0 saturated heterocycles. The molecule has 146 valence electrons. The van der Waals surface area contributed by atoms with Gasteiger partial charge in [0, 0.05) is 15.8 Å². The van der Waals surface area contributed by atoms with E-state index in [1.165, 1.54) is 38.5 Å². The van der Waals surface area contributed by atoms with E-state index < -0.39 is 0 Å². The zero-order valence-corrected chi connectivity index (χ0v) is 17.0. The second kappa shape index (κ2) is 9.34. The van der Waals surface area contributed by atoms with Gasteiger partial charge in [0.2, 0.25) is 0 Å². The summed E-state index contributed by atoms with van der Waals surface area (Å²) in [5.74, 6) is 2.65. The van der Waals surface area contributed by atoms with Crippen molar-refractivity contribution in [2.75, 3.05) is 6.61 Å². The summed E-state index contributed by atoms with van der Waals surface area (Å²) in [5, 5.41) is 2.80. The highest BCUT2D eigenvalue weighted by molar-refractivity contribution is 6.35. The third-order valence-corrected chi connectivity index (χ3v) is 6.00. The van der Waals surface area contributed by atoms with E-state index in [2.05, 4.69) is 12.1 Å². The summed E-state index contributed by atoms with van der Waals surface area (Å²) in [5.41, 5.74) is 1.12. The summed E-state index contributed by atoms with van der Waals surface area (Å²) >= 11 is 6.29. The van der Waals surface area contributed by atoms with Crippen molar-refractivity contribution in [2.24, 2.45) is 5.92 Å². The molecule has 0 N–H and O–H groups in total. The summed E-state index contributed by atoms with van der Waals surface area (Å²) in [7, 11) is 0. The maximum absolute atomic E-state index is 6.29. The fourth-order valence-electron chi connectivity index (χ4n) is 4.02. The van der Waals surface area contributed by atoms with Gasteiger partial charge in [0.25, 0.3) is 0 Å². The highest BCUT2D eigenvalue weighted by Gasteiger charge is 2.13. The molecule has 0 unspecified atom stereocenters. The Morgan fingerprint density at radius 3 is 2.32 bits per heavy atom. The lowest BCUT2D eigenvalue weighted by atomic mass is 9.87. The zero-order chi connectivity index (χ0) is 19.2. The van der Waals surface area contributed by atoms with Crippen LogP contribution < -0.4 is 9.47 Å². The van der Waals surface area contributed by atoms with Crippen LogP contribution in [0.25, 0.3) is 10.8 Å². The van der Waals surface area contributed by atoms with Gasteiger partial charge in [-0.15, -0.1) is 0 Å². The minimum Gasteiger partial charge on any atom is -0.494 e. The normalized spacial score (nSPS) is 14.9. The molecule has 1 aliphatic carbocycles. The Bertz CT molecular complexity index is 898. The van der Waals surface area contributed by atoms with Crippen LogP contribution in [0.15, 0.2) is 60.7 Å². The first kappa shape index (κ1) is 19.1. The lowest BCUT2D eigenvalue weighted by molar-refractivity contribution is 0.246. The van der Waals surface area contributed by atoms with Crippen LogP contribution in [0.1, 0.15) is 44.1 Å². The molecule has 3 aromatic carbocycles. The SMILES string of the molecule is Clc1ccc(OCc2ccc(OCCC3CCCCC3)cc2)c2ccccc12. The molecule has 1 fully saturated rings. The Balaban J connectivity index is 1.31. The Labute approximate surface area is 172 Å². The number of hydrogen-bond donors (Lipinski definition) is 0. The van der Waals surface area contributed by atoms with E-state index in [0.29, 0.717) is 6.61 Å². The molecule has 0 atom stereocenters. The Kier molecular flexibility index (Phi) is 6.38. The number of hydrogen-bond acceptors (Lipinski definition) is 2. The predicted molar refractivity (Wildman–Crippen MR) is 116 cm³/mol. The van der Waals surface area contributed by atoms with Crippen LogP contribution in [0, 0.1) is 5.92 Å². The average Bonchev–Trinajstić information content (AvgIpc) is 2.75. The maximum atomic E-state index is 6.29. The number of fused-ring (bicyclic) bond motifs is 1. The van der Waals surface area contributed by atoms with Crippen LogP contribution in [0.2, 0.25) is 5.02 Å². The third-order valence-electron chi connectivity index (χ3n) is 5.67.